The molecule has 20 heavy (non-hydrogen) atoms. The number of aliphatic hydroxyl groups excluding tert-OH is 1. The highest BCUT2D eigenvalue weighted by Crippen LogP contribution is 2.21. The Kier molecular flexibility index (Phi) is 5.17. The van der Waals surface area contributed by atoms with E-state index in [1.807, 2.05) is 30.3 Å². The van der Waals surface area contributed by atoms with Crippen LogP contribution in [0.1, 0.15) is 22.0 Å². The van der Waals surface area contributed by atoms with Crippen molar-refractivity contribution < 1.29 is 9.90 Å². The maximum Gasteiger partial charge on any atom is 0.252 e. The van der Waals surface area contributed by atoms with Gasteiger partial charge in [-0.3, -0.25) is 4.79 Å². The van der Waals surface area contributed by atoms with Crippen molar-refractivity contribution >= 4 is 33.4 Å². The monoisotopic (exact) mass is 353 g/mol. The summed E-state index contributed by atoms with van der Waals surface area (Å²) in [7, 11) is 0. The minimum Gasteiger partial charge on any atom is -0.387 e. The summed E-state index contributed by atoms with van der Waals surface area (Å²) in [5.41, 5.74) is 1.13. The van der Waals surface area contributed by atoms with Crippen LogP contribution in [-0.4, -0.2) is 17.6 Å². The molecule has 0 saturated carbocycles. The SMILES string of the molecule is O=C(NCC(O)c1ccccc1)c1cc(Br)ccc1Cl. The van der Waals surface area contributed by atoms with Crippen LogP contribution in [0.5, 0.6) is 0 Å². The first-order valence-corrected chi connectivity index (χ1v) is 7.21. The van der Waals surface area contributed by atoms with Crippen molar-refractivity contribution in [2.24, 2.45) is 0 Å². The fraction of sp³-hybridized carbons (Fsp3) is 0.133. The third-order valence-electron chi connectivity index (χ3n) is 2.81. The van der Waals surface area contributed by atoms with Gasteiger partial charge in [-0.2, -0.15) is 0 Å². The van der Waals surface area contributed by atoms with E-state index < -0.39 is 6.10 Å². The summed E-state index contributed by atoms with van der Waals surface area (Å²) in [5.74, 6) is -0.314. The van der Waals surface area contributed by atoms with Gasteiger partial charge in [-0.15, -0.1) is 0 Å². The Balaban J connectivity index is 2.00. The van der Waals surface area contributed by atoms with Crippen LogP contribution in [0.15, 0.2) is 53.0 Å². The van der Waals surface area contributed by atoms with Crippen molar-refractivity contribution in [2.75, 3.05) is 6.54 Å². The molecule has 0 saturated heterocycles. The van der Waals surface area contributed by atoms with Crippen molar-refractivity contribution in [3.05, 3.63) is 69.2 Å². The lowest BCUT2D eigenvalue weighted by atomic mass is 10.1. The molecular formula is C15H13BrClNO2. The van der Waals surface area contributed by atoms with Gasteiger partial charge in [0, 0.05) is 11.0 Å². The average molecular weight is 355 g/mol. The first-order valence-electron chi connectivity index (χ1n) is 6.04. The predicted octanol–water partition coefficient (Wildman–Crippen LogP) is 3.57. The number of carbonyl (C=O) groups is 1. The summed E-state index contributed by atoms with van der Waals surface area (Å²) in [6, 6.07) is 14.2. The van der Waals surface area contributed by atoms with Crippen LogP contribution in [0, 0.1) is 0 Å². The van der Waals surface area contributed by atoms with E-state index >= 15 is 0 Å². The topological polar surface area (TPSA) is 49.3 Å². The normalized spacial score (nSPS) is 11.9. The van der Waals surface area contributed by atoms with Gasteiger partial charge in [-0.25, -0.2) is 0 Å². The van der Waals surface area contributed by atoms with Crippen molar-refractivity contribution in [1.29, 1.82) is 0 Å². The van der Waals surface area contributed by atoms with Crippen LogP contribution in [0.25, 0.3) is 0 Å². The van der Waals surface area contributed by atoms with Crippen LogP contribution in [0.3, 0.4) is 0 Å². The van der Waals surface area contributed by atoms with Gasteiger partial charge in [-0.05, 0) is 23.8 Å². The second-order valence-corrected chi connectivity index (χ2v) is 5.58. The molecule has 2 aromatic rings. The van der Waals surface area contributed by atoms with Crippen molar-refractivity contribution in [3.63, 3.8) is 0 Å². The second-order valence-electron chi connectivity index (χ2n) is 4.26. The number of nitrogens with one attached hydrogen (secondary N) is 1. The zero-order valence-electron chi connectivity index (χ0n) is 10.5. The van der Waals surface area contributed by atoms with Gasteiger partial charge >= 0.3 is 0 Å². The van der Waals surface area contributed by atoms with Gasteiger partial charge in [0.1, 0.15) is 0 Å². The van der Waals surface area contributed by atoms with Gasteiger partial charge in [0.15, 0.2) is 0 Å². The third kappa shape index (κ3) is 3.82. The predicted molar refractivity (Wildman–Crippen MR) is 82.9 cm³/mol. The first kappa shape index (κ1) is 15.0. The maximum atomic E-state index is 12.0. The van der Waals surface area contributed by atoms with Crippen LogP contribution < -0.4 is 5.32 Å². The van der Waals surface area contributed by atoms with Crippen LogP contribution >= 0.6 is 27.5 Å². The summed E-state index contributed by atoms with van der Waals surface area (Å²) in [6.45, 7) is 0.131. The van der Waals surface area contributed by atoms with E-state index in [2.05, 4.69) is 21.2 Å². The highest BCUT2D eigenvalue weighted by molar-refractivity contribution is 9.10. The quantitative estimate of drug-likeness (QED) is 0.882. The van der Waals surface area contributed by atoms with Gasteiger partial charge < -0.3 is 10.4 Å². The number of halogens is 2. The number of benzene rings is 2. The Morgan fingerprint density at radius 2 is 1.95 bits per heavy atom. The zero-order valence-corrected chi connectivity index (χ0v) is 12.9. The molecule has 0 bridgehead atoms. The molecule has 2 N–H and O–H groups in total. The summed E-state index contributed by atoms with van der Waals surface area (Å²) in [5, 5.41) is 13.0. The second kappa shape index (κ2) is 6.88. The van der Waals surface area contributed by atoms with Gasteiger partial charge in [-0.1, -0.05) is 57.9 Å². The fourth-order valence-corrected chi connectivity index (χ4v) is 2.31. The number of carbonyl (C=O) groups excluding carboxylic acids is 1. The molecule has 0 spiro atoms. The first-order chi connectivity index (χ1) is 9.58. The standard InChI is InChI=1S/C15H13BrClNO2/c16-11-6-7-13(17)12(8-11)15(20)18-9-14(19)10-4-2-1-3-5-10/h1-8,14,19H,9H2,(H,18,20). The molecule has 0 aliphatic carbocycles. The Labute approximate surface area is 130 Å². The van der Waals surface area contributed by atoms with Gasteiger partial charge in [0.25, 0.3) is 5.91 Å². The van der Waals surface area contributed by atoms with Crippen LogP contribution in [0.2, 0.25) is 5.02 Å². The number of amides is 1. The Hall–Kier alpha value is -1.36. The lowest BCUT2D eigenvalue weighted by Gasteiger charge is -2.12. The number of aliphatic hydroxyl groups is 1. The average Bonchev–Trinajstić information content (AvgIpc) is 2.47. The Morgan fingerprint density at radius 3 is 2.65 bits per heavy atom. The molecular weight excluding hydrogens is 342 g/mol. The molecule has 5 heteroatoms. The molecule has 0 radical (unpaired) electrons. The Morgan fingerprint density at radius 1 is 1.25 bits per heavy atom. The summed E-state index contributed by atoms with van der Waals surface area (Å²) < 4.78 is 0.774. The summed E-state index contributed by atoms with van der Waals surface area (Å²) >= 11 is 9.27. The lowest BCUT2D eigenvalue weighted by molar-refractivity contribution is 0.0916. The molecule has 2 rings (SSSR count). The molecule has 0 fully saturated rings. The molecule has 104 valence electrons. The number of hydrogen-bond donors (Lipinski definition) is 2. The molecule has 3 nitrogen and oxygen atoms in total. The van der Waals surface area contributed by atoms with Gasteiger partial charge in [0.2, 0.25) is 0 Å². The summed E-state index contributed by atoms with van der Waals surface area (Å²) in [4.78, 5) is 12.0. The highest BCUT2D eigenvalue weighted by Gasteiger charge is 2.13. The Bertz CT molecular complexity index is 604. The molecule has 1 unspecified atom stereocenters. The van der Waals surface area contributed by atoms with E-state index in [1.165, 1.54) is 0 Å². The molecule has 1 atom stereocenters. The molecule has 0 heterocycles. The van der Waals surface area contributed by atoms with E-state index in [1.54, 1.807) is 18.2 Å². The molecule has 1 amide bonds. The van der Waals surface area contributed by atoms with E-state index in [4.69, 9.17) is 11.6 Å². The van der Waals surface area contributed by atoms with E-state index in [0.29, 0.717) is 10.6 Å². The van der Waals surface area contributed by atoms with Crippen molar-refractivity contribution in [2.45, 2.75) is 6.10 Å². The zero-order chi connectivity index (χ0) is 14.5. The molecule has 0 aliphatic heterocycles. The van der Waals surface area contributed by atoms with Crippen molar-refractivity contribution in [1.82, 2.24) is 5.32 Å². The van der Waals surface area contributed by atoms with E-state index in [0.717, 1.165) is 10.0 Å². The van der Waals surface area contributed by atoms with Gasteiger partial charge in [0.05, 0.1) is 16.7 Å². The minimum absolute atomic E-state index is 0.131. The largest absolute Gasteiger partial charge is 0.387 e. The van der Waals surface area contributed by atoms with Crippen LogP contribution in [-0.2, 0) is 0 Å². The molecule has 0 aromatic heterocycles. The lowest BCUT2D eigenvalue weighted by Crippen LogP contribution is -2.28. The summed E-state index contributed by atoms with van der Waals surface area (Å²) in [6.07, 6.45) is -0.744. The van der Waals surface area contributed by atoms with E-state index in [-0.39, 0.29) is 12.5 Å². The molecule has 2 aromatic carbocycles. The maximum absolute atomic E-state index is 12.0. The fourth-order valence-electron chi connectivity index (χ4n) is 1.75. The highest BCUT2D eigenvalue weighted by atomic mass is 79.9. The van der Waals surface area contributed by atoms with Crippen LogP contribution in [0.4, 0.5) is 0 Å². The van der Waals surface area contributed by atoms with Crippen molar-refractivity contribution in [3.8, 4) is 0 Å². The smallest absolute Gasteiger partial charge is 0.252 e. The number of rotatable bonds is 4. The minimum atomic E-state index is -0.744. The molecule has 0 aliphatic rings. The number of hydrogen-bond acceptors (Lipinski definition) is 2. The third-order valence-corrected chi connectivity index (χ3v) is 3.64. The van der Waals surface area contributed by atoms with E-state index in [9.17, 15) is 9.90 Å².